The standard InChI is InChI=1S/C28H56O5/c1-3-5-7-9-10-11-12-13-14-15-16-18-23-33-28(29)20-19-22-31-25-27-32-26-24-30-21-17-8-6-4-2/h3-27H2,1-2H3. The predicted octanol–water partition coefficient (Wildman–Crippen LogP) is 7.64. The molecule has 198 valence electrons. The van der Waals surface area contributed by atoms with Crippen LogP contribution in [0.15, 0.2) is 0 Å². The van der Waals surface area contributed by atoms with Crippen LogP contribution in [0.4, 0.5) is 0 Å². The van der Waals surface area contributed by atoms with Crippen molar-refractivity contribution in [2.24, 2.45) is 0 Å². The molecule has 0 atom stereocenters. The summed E-state index contributed by atoms with van der Waals surface area (Å²) in [4.78, 5) is 11.7. The van der Waals surface area contributed by atoms with Gasteiger partial charge in [-0.1, -0.05) is 104 Å². The van der Waals surface area contributed by atoms with Crippen LogP contribution in [0.1, 0.15) is 129 Å². The van der Waals surface area contributed by atoms with Crippen molar-refractivity contribution in [3.05, 3.63) is 0 Å². The number of carbonyl (C=O) groups is 1. The smallest absolute Gasteiger partial charge is 0.305 e. The van der Waals surface area contributed by atoms with Crippen molar-refractivity contribution >= 4 is 5.97 Å². The van der Waals surface area contributed by atoms with E-state index in [0.29, 0.717) is 52.5 Å². The van der Waals surface area contributed by atoms with E-state index in [9.17, 15) is 4.79 Å². The Hall–Kier alpha value is -0.650. The zero-order valence-electron chi connectivity index (χ0n) is 22.2. The van der Waals surface area contributed by atoms with Crippen molar-refractivity contribution in [1.29, 1.82) is 0 Å². The lowest BCUT2D eigenvalue weighted by Crippen LogP contribution is -2.11. The first-order valence-electron chi connectivity index (χ1n) is 14.2. The van der Waals surface area contributed by atoms with E-state index >= 15 is 0 Å². The highest BCUT2D eigenvalue weighted by Crippen LogP contribution is 2.12. The van der Waals surface area contributed by atoms with Crippen molar-refractivity contribution in [2.75, 3.05) is 46.2 Å². The Morgan fingerprint density at radius 3 is 1.30 bits per heavy atom. The van der Waals surface area contributed by atoms with E-state index in [1.54, 1.807) is 0 Å². The van der Waals surface area contributed by atoms with Crippen LogP contribution in [0.25, 0.3) is 0 Å². The van der Waals surface area contributed by atoms with Crippen LogP contribution in [0.3, 0.4) is 0 Å². The molecule has 0 aliphatic carbocycles. The van der Waals surface area contributed by atoms with Gasteiger partial charge in [-0.3, -0.25) is 4.79 Å². The molecule has 33 heavy (non-hydrogen) atoms. The second kappa shape index (κ2) is 29.4. The fourth-order valence-corrected chi connectivity index (χ4v) is 3.69. The van der Waals surface area contributed by atoms with Crippen LogP contribution in [0, 0.1) is 0 Å². The number of ether oxygens (including phenoxy) is 4. The first-order chi connectivity index (χ1) is 16.3. The Morgan fingerprint density at radius 2 is 0.788 bits per heavy atom. The van der Waals surface area contributed by atoms with Crippen LogP contribution in [0.5, 0.6) is 0 Å². The minimum atomic E-state index is -0.103. The van der Waals surface area contributed by atoms with Gasteiger partial charge in [-0.15, -0.1) is 0 Å². The van der Waals surface area contributed by atoms with Crippen LogP contribution in [0.2, 0.25) is 0 Å². The van der Waals surface area contributed by atoms with Crippen molar-refractivity contribution < 1.29 is 23.7 Å². The molecule has 0 aromatic rings. The Balaban J connectivity index is 3.14. The highest BCUT2D eigenvalue weighted by Gasteiger charge is 2.02. The van der Waals surface area contributed by atoms with Gasteiger partial charge in [0.15, 0.2) is 0 Å². The van der Waals surface area contributed by atoms with Gasteiger partial charge < -0.3 is 18.9 Å². The van der Waals surface area contributed by atoms with E-state index in [1.807, 2.05) is 0 Å². The number of rotatable bonds is 28. The summed E-state index contributed by atoms with van der Waals surface area (Å²) in [7, 11) is 0. The van der Waals surface area contributed by atoms with Crippen LogP contribution >= 0.6 is 0 Å². The average Bonchev–Trinajstić information content (AvgIpc) is 2.82. The lowest BCUT2D eigenvalue weighted by molar-refractivity contribution is -0.144. The van der Waals surface area contributed by atoms with E-state index in [1.165, 1.54) is 83.5 Å². The third-order valence-corrected chi connectivity index (χ3v) is 5.82. The summed E-state index contributed by atoms with van der Waals surface area (Å²) in [6, 6.07) is 0. The molecular weight excluding hydrogens is 416 g/mol. The van der Waals surface area contributed by atoms with Crippen LogP contribution < -0.4 is 0 Å². The summed E-state index contributed by atoms with van der Waals surface area (Å²) in [6.45, 7) is 8.84. The zero-order valence-corrected chi connectivity index (χ0v) is 22.2. The van der Waals surface area contributed by atoms with Gasteiger partial charge in [-0.25, -0.2) is 0 Å². The predicted molar refractivity (Wildman–Crippen MR) is 138 cm³/mol. The first kappa shape index (κ1) is 32.4. The molecule has 0 fully saturated rings. The van der Waals surface area contributed by atoms with Gasteiger partial charge in [0, 0.05) is 19.6 Å². The van der Waals surface area contributed by atoms with Crippen LogP contribution in [-0.4, -0.2) is 52.2 Å². The molecule has 0 saturated heterocycles. The third kappa shape index (κ3) is 29.3. The van der Waals surface area contributed by atoms with E-state index in [4.69, 9.17) is 18.9 Å². The fourth-order valence-electron chi connectivity index (χ4n) is 3.69. The quantitative estimate of drug-likeness (QED) is 0.0865. The molecular formula is C28H56O5. The second-order valence-corrected chi connectivity index (χ2v) is 9.11. The number of hydrogen-bond acceptors (Lipinski definition) is 5. The van der Waals surface area contributed by atoms with Gasteiger partial charge in [0.05, 0.1) is 33.0 Å². The fraction of sp³-hybridized carbons (Fsp3) is 0.964. The molecule has 0 rings (SSSR count). The maximum absolute atomic E-state index is 11.7. The minimum absolute atomic E-state index is 0.103. The maximum Gasteiger partial charge on any atom is 0.305 e. The normalized spacial score (nSPS) is 11.2. The molecule has 5 nitrogen and oxygen atoms in total. The Bertz CT molecular complexity index is 375. The Morgan fingerprint density at radius 1 is 0.424 bits per heavy atom. The summed E-state index contributed by atoms with van der Waals surface area (Å²) in [5.41, 5.74) is 0. The lowest BCUT2D eigenvalue weighted by Gasteiger charge is -2.07. The average molecular weight is 473 g/mol. The molecule has 0 bridgehead atoms. The third-order valence-electron chi connectivity index (χ3n) is 5.82. The first-order valence-corrected chi connectivity index (χ1v) is 14.2. The number of unbranched alkanes of at least 4 members (excludes halogenated alkanes) is 14. The van der Waals surface area contributed by atoms with Crippen LogP contribution in [-0.2, 0) is 23.7 Å². The van der Waals surface area contributed by atoms with Gasteiger partial charge in [0.25, 0.3) is 0 Å². The van der Waals surface area contributed by atoms with Gasteiger partial charge >= 0.3 is 5.97 Å². The molecule has 0 aromatic heterocycles. The number of carbonyl (C=O) groups excluding carboxylic acids is 1. The Kier molecular flexibility index (Phi) is 28.8. The van der Waals surface area contributed by atoms with E-state index in [-0.39, 0.29) is 5.97 Å². The SMILES string of the molecule is CCCCCCCCCCCCCCOC(=O)CCCOCCOCCOCCCCCC. The summed E-state index contributed by atoms with van der Waals surface area (Å²) >= 11 is 0. The molecule has 0 aliphatic heterocycles. The molecule has 0 radical (unpaired) electrons. The molecule has 0 spiro atoms. The highest BCUT2D eigenvalue weighted by atomic mass is 16.5. The summed E-state index contributed by atoms with van der Waals surface area (Å²) in [5.74, 6) is -0.103. The molecule has 0 N–H and O–H groups in total. The monoisotopic (exact) mass is 472 g/mol. The molecule has 0 saturated carbocycles. The number of esters is 1. The van der Waals surface area contributed by atoms with Crippen molar-refractivity contribution in [1.82, 2.24) is 0 Å². The number of hydrogen-bond donors (Lipinski definition) is 0. The molecule has 0 unspecified atom stereocenters. The molecule has 5 heteroatoms. The second-order valence-electron chi connectivity index (χ2n) is 9.11. The highest BCUT2D eigenvalue weighted by molar-refractivity contribution is 5.69. The van der Waals surface area contributed by atoms with Crippen molar-refractivity contribution in [3.8, 4) is 0 Å². The van der Waals surface area contributed by atoms with Crippen molar-refractivity contribution in [3.63, 3.8) is 0 Å². The Labute approximate surface area is 205 Å². The van der Waals surface area contributed by atoms with Gasteiger partial charge in [-0.2, -0.15) is 0 Å². The molecule has 0 aliphatic rings. The topological polar surface area (TPSA) is 54.0 Å². The largest absolute Gasteiger partial charge is 0.466 e. The summed E-state index contributed by atoms with van der Waals surface area (Å²) in [6.07, 6.45) is 21.9. The molecule has 0 heterocycles. The van der Waals surface area contributed by atoms with E-state index in [2.05, 4.69) is 13.8 Å². The lowest BCUT2D eigenvalue weighted by atomic mass is 10.1. The van der Waals surface area contributed by atoms with Gasteiger partial charge in [0.2, 0.25) is 0 Å². The molecule has 0 aromatic carbocycles. The molecule has 0 amide bonds. The van der Waals surface area contributed by atoms with Crippen molar-refractivity contribution in [2.45, 2.75) is 129 Å². The summed E-state index contributed by atoms with van der Waals surface area (Å²) < 4.78 is 21.8. The van der Waals surface area contributed by atoms with E-state index in [0.717, 1.165) is 25.9 Å². The minimum Gasteiger partial charge on any atom is -0.466 e. The van der Waals surface area contributed by atoms with Gasteiger partial charge in [0.1, 0.15) is 0 Å². The zero-order chi connectivity index (χ0) is 24.1. The summed E-state index contributed by atoms with van der Waals surface area (Å²) in [5, 5.41) is 0. The maximum atomic E-state index is 11.7. The van der Waals surface area contributed by atoms with Gasteiger partial charge in [-0.05, 0) is 19.3 Å². The van der Waals surface area contributed by atoms with E-state index < -0.39 is 0 Å².